The molecule has 2 saturated carbocycles. The van der Waals surface area contributed by atoms with Gasteiger partial charge in [0.1, 0.15) is 0 Å². The topological polar surface area (TPSA) is 66.6 Å². The molecule has 0 aromatic carbocycles. The van der Waals surface area contributed by atoms with Crippen LogP contribution in [0.4, 0.5) is 0 Å². The van der Waals surface area contributed by atoms with Gasteiger partial charge in [-0.3, -0.25) is 9.59 Å². The van der Waals surface area contributed by atoms with Crippen molar-refractivity contribution in [3.8, 4) is 0 Å². The summed E-state index contributed by atoms with van der Waals surface area (Å²) in [6.45, 7) is 2.58. The standard InChI is InChI=1S/C17H29N3O2/c18-15-7-3-6-14(10-15)17(22)20-9-8-19(16(21)12-20)11-13-4-1-2-5-13/h13-15H,1-12,18H2/t14-,15-/m0/s1. The molecule has 1 heterocycles. The first-order valence-corrected chi connectivity index (χ1v) is 8.95. The van der Waals surface area contributed by atoms with E-state index >= 15 is 0 Å². The Bertz CT molecular complexity index is 420. The molecule has 2 aliphatic carbocycles. The lowest BCUT2D eigenvalue weighted by Gasteiger charge is -2.38. The quantitative estimate of drug-likeness (QED) is 0.856. The molecule has 3 fully saturated rings. The van der Waals surface area contributed by atoms with Gasteiger partial charge in [-0.05, 0) is 38.0 Å². The van der Waals surface area contributed by atoms with Crippen molar-refractivity contribution in [2.75, 3.05) is 26.2 Å². The van der Waals surface area contributed by atoms with E-state index in [1.807, 2.05) is 4.90 Å². The molecular formula is C17H29N3O2. The van der Waals surface area contributed by atoms with Gasteiger partial charge in [-0.2, -0.15) is 0 Å². The number of hydrogen-bond acceptors (Lipinski definition) is 3. The van der Waals surface area contributed by atoms with E-state index in [0.717, 1.165) is 32.2 Å². The van der Waals surface area contributed by atoms with Gasteiger partial charge < -0.3 is 15.5 Å². The van der Waals surface area contributed by atoms with E-state index in [2.05, 4.69) is 0 Å². The number of carbonyl (C=O) groups excluding carboxylic acids is 2. The van der Waals surface area contributed by atoms with Crippen LogP contribution in [0.15, 0.2) is 0 Å². The zero-order chi connectivity index (χ0) is 15.5. The van der Waals surface area contributed by atoms with Gasteiger partial charge in [0.25, 0.3) is 0 Å². The molecule has 124 valence electrons. The average Bonchev–Trinajstić information content (AvgIpc) is 3.01. The van der Waals surface area contributed by atoms with E-state index in [1.165, 1.54) is 25.7 Å². The Morgan fingerprint density at radius 2 is 1.86 bits per heavy atom. The van der Waals surface area contributed by atoms with Crippen molar-refractivity contribution in [2.24, 2.45) is 17.6 Å². The molecule has 1 aliphatic heterocycles. The molecule has 0 aromatic heterocycles. The fraction of sp³-hybridized carbons (Fsp3) is 0.882. The molecule has 3 aliphatic rings. The molecule has 2 atom stereocenters. The summed E-state index contributed by atoms with van der Waals surface area (Å²) in [5, 5.41) is 0. The zero-order valence-corrected chi connectivity index (χ0v) is 13.5. The number of nitrogens with zero attached hydrogens (tertiary/aromatic N) is 2. The van der Waals surface area contributed by atoms with Crippen LogP contribution < -0.4 is 5.73 Å². The third-order valence-corrected chi connectivity index (χ3v) is 5.65. The van der Waals surface area contributed by atoms with Crippen molar-refractivity contribution in [1.82, 2.24) is 9.80 Å². The predicted molar refractivity (Wildman–Crippen MR) is 85.1 cm³/mol. The van der Waals surface area contributed by atoms with Gasteiger partial charge in [0.05, 0.1) is 6.54 Å². The molecule has 3 rings (SSSR count). The number of carbonyl (C=O) groups is 2. The summed E-state index contributed by atoms with van der Waals surface area (Å²) in [6.07, 6.45) is 8.90. The first kappa shape index (κ1) is 15.8. The number of amides is 2. The third-order valence-electron chi connectivity index (χ3n) is 5.65. The second-order valence-electron chi connectivity index (χ2n) is 7.37. The molecule has 0 radical (unpaired) electrons. The van der Waals surface area contributed by atoms with Crippen molar-refractivity contribution in [3.63, 3.8) is 0 Å². The van der Waals surface area contributed by atoms with Crippen LogP contribution in [0.1, 0.15) is 51.4 Å². The van der Waals surface area contributed by atoms with Crippen molar-refractivity contribution in [2.45, 2.75) is 57.4 Å². The second kappa shape index (κ2) is 6.99. The molecule has 2 N–H and O–H groups in total. The Morgan fingerprint density at radius 3 is 2.55 bits per heavy atom. The number of nitrogens with two attached hydrogens (primary N) is 1. The lowest BCUT2D eigenvalue weighted by atomic mass is 9.85. The molecule has 0 bridgehead atoms. The second-order valence-corrected chi connectivity index (χ2v) is 7.37. The van der Waals surface area contributed by atoms with E-state index in [9.17, 15) is 9.59 Å². The SMILES string of the molecule is N[C@H]1CCC[C@H](C(=O)N2CCN(CC3CCCC3)C(=O)C2)C1. The van der Waals surface area contributed by atoms with Gasteiger partial charge in [0.15, 0.2) is 0 Å². The summed E-state index contributed by atoms with van der Waals surface area (Å²) in [7, 11) is 0. The van der Waals surface area contributed by atoms with E-state index in [0.29, 0.717) is 19.0 Å². The zero-order valence-electron chi connectivity index (χ0n) is 13.5. The largest absolute Gasteiger partial charge is 0.339 e. The Hall–Kier alpha value is -1.10. The maximum Gasteiger partial charge on any atom is 0.242 e. The number of rotatable bonds is 3. The van der Waals surface area contributed by atoms with E-state index < -0.39 is 0 Å². The highest BCUT2D eigenvalue weighted by molar-refractivity contribution is 5.87. The third kappa shape index (κ3) is 3.62. The molecule has 1 saturated heterocycles. The smallest absolute Gasteiger partial charge is 0.242 e. The van der Waals surface area contributed by atoms with E-state index in [-0.39, 0.29) is 30.3 Å². The van der Waals surface area contributed by atoms with Gasteiger partial charge in [-0.15, -0.1) is 0 Å². The van der Waals surface area contributed by atoms with Crippen molar-refractivity contribution in [3.05, 3.63) is 0 Å². The highest BCUT2D eigenvalue weighted by Gasteiger charge is 2.34. The molecule has 5 heteroatoms. The van der Waals surface area contributed by atoms with Crippen LogP contribution in [0.3, 0.4) is 0 Å². The van der Waals surface area contributed by atoms with Gasteiger partial charge in [0, 0.05) is 31.6 Å². The number of piperazine rings is 1. The minimum Gasteiger partial charge on any atom is -0.339 e. The summed E-state index contributed by atoms with van der Waals surface area (Å²) in [4.78, 5) is 28.7. The van der Waals surface area contributed by atoms with Gasteiger partial charge >= 0.3 is 0 Å². The van der Waals surface area contributed by atoms with Crippen LogP contribution in [-0.2, 0) is 9.59 Å². The maximum atomic E-state index is 12.6. The van der Waals surface area contributed by atoms with Crippen LogP contribution in [0, 0.1) is 11.8 Å². The summed E-state index contributed by atoms with van der Waals surface area (Å²) in [6, 6.07) is 0.155. The van der Waals surface area contributed by atoms with Crippen LogP contribution in [0.5, 0.6) is 0 Å². The lowest BCUT2D eigenvalue weighted by molar-refractivity contribution is -0.148. The highest BCUT2D eigenvalue weighted by Crippen LogP contribution is 2.27. The fourth-order valence-electron chi connectivity index (χ4n) is 4.30. The summed E-state index contributed by atoms with van der Waals surface area (Å²) < 4.78 is 0. The Labute approximate surface area is 133 Å². The van der Waals surface area contributed by atoms with Gasteiger partial charge in [-0.25, -0.2) is 0 Å². The Balaban J connectivity index is 1.50. The molecule has 0 aromatic rings. The lowest BCUT2D eigenvalue weighted by Crippen LogP contribution is -2.54. The summed E-state index contributed by atoms with van der Waals surface area (Å²) in [5.41, 5.74) is 5.99. The Kier molecular flexibility index (Phi) is 5.01. The normalized spacial score (nSPS) is 30.9. The first-order valence-electron chi connectivity index (χ1n) is 8.95. The molecule has 22 heavy (non-hydrogen) atoms. The van der Waals surface area contributed by atoms with Crippen LogP contribution >= 0.6 is 0 Å². The fourth-order valence-corrected chi connectivity index (χ4v) is 4.30. The van der Waals surface area contributed by atoms with Crippen molar-refractivity contribution < 1.29 is 9.59 Å². The minimum absolute atomic E-state index is 0.0398. The van der Waals surface area contributed by atoms with Gasteiger partial charge in [-0.1, -0.05) is 19.3 Å². The van der Waals surface area contributed by atoms with E-state index in [1.54, 1.807) is 4.90 Å². The van der Waals surface area contributed by atoms with Gasteiger partial charge in [0.2, 0.25) is 11.8 Å². The summed E-state index contributed by atoms with van der Waals surface area (Å²) >= 11 is 0. The molecule has 0 spiro atoms. The average molecular weight is 307 g/mol. The molecule has 5 nitrogen and oxygen atoms in total. The minimum atomic E-state index is 0.0398. The van der Waals surface area contributed by atoms with Crippen LogP contribution in [0.2, 0.25) is 0 Å². The van der Waals surface area contributed by atoms with Crippen LogP contribution in [0.25, 0.3) is 0 Å². The van der Waals surface area contributed by atoms with Crippen molar-refractivity contribution in [1.29, 1.82) is 0 Å². The Morgan fingerprint density at radius 1 is 1.09 bits per heavy atom. The monoisotopic (exact) mass is 307 g/mol. The maximum absolute atomic E-state index is 12.6. The highest BCUT2D eigenvalue weighted by atomic mass is 16.2. The predicted octanol–water partition coefficient (Wildman–Crippen LogP) is 1.36. The molecule has 0 unspecified atom stereocenters. The van der Waals surface area contributed by atoms with E-state index in [4.69, 9.17) is 5.73 Å². The summed E-state index contributed by atoms with van der Waals surface area (Å²) in [5.74, 6) is 1.01. The molecular weight excluding hydrogens is 278 g/mol. The van der Waals surface area contributed by atoms with Crippen molar-refractivity contribution >= 4 is 11.8 Å². The first-order chi connectivity index (χ1) is 10.6. The number of hydrogen-bond donors (Lipinski definition) is 1. The molecule has 2 amide bonds. The van der Waals surface area contributed by atoms with Crippen LogP contribution in [-0.4, -0.2) is 53.8 Å².